The van der Waals surface area contributed by atoms with Gasteiger partial charge in [0, 0.05) is 24.7 Å². The number of hydrogen-bond acceptors (Lipinski definition) is 6. The minimum Gasteiger partial charge on any atom is -0.435 e. The first-order chi connectivity index (χ1) is 14.6. The number of oxazole rings is 1. The molecule has 0 atom stereocenters. The number of imidazole rings is 1. The van der Waals surface area contributed by atoms with E-state index < -0.39 is 0 Å². The summed E-state index contributed by atoms with van der Waals surface area (Å²) in [6.45, 7) is 1.67. The highest BCUT2D eigenvalue weighted by molar-refractivity contribution is 5.85. The van der Waals surface area contributed by atoms with Crippen molar-refractivity contribution in [1.82, 2.24) is 19.4 Å². The first-order valence-corrected chi connectivity index (χ1v) is 10.6. The van der Waals surface area contributed by atoms with Gasteiger partial charge in [-0.15, -0.1) is 0 Å². The number of para-hydroxylation sites is 2. The Bertz CT molecular complexity index is 1180. The second-order valence-corrected chi connectivity index (χ2v) is 8.29. The molecule has 0 amide bonds. The highest BCUT2D eigenvalue weighted by atomic mass is 16.3. The minimum absolute atomic E-state index is 0.280. The summed E-state index contributed by atoms with van der Waals surface area (Å²) in [4.78, 5) is 25.2. The van der Waals surface area contributed by atoms with Crippen molar-refractivity contribution in [1.29, 1.82) is 0 Å². The zero-order chi connectivity index (χ0) is 20.7. The van der Waals surface area contributed by atoms with Crippen LogP contribution < -0.4 is 5.73 Å². The molecule has 2 N–H and O–H groups in total. The highest BCUT2D eigenvalue weighted by Crippen LogP contribution is 2.39. The van der Waals surface area contributed by atoms with E-state index in [0.717, 1.165) is 54.5 Å². The van der Waals surface area contributed by atoms with Gasteiger partial charge in [0.05, 0.1) is 0 Å². The number of anilines is 1. The summed E-state index contributed by atoms with van der Waals surface area (Å²) in [5.41, 5.74) is 9.16. The van der Waals surface area contributed by atoms with Crippen molar-refractivity contribution in [2.24, 2.45) is 5.92 Å². The van der Waals surface area contributed by atoms with E-state index in [9.17, 15) is 4.79 Å². The molecule has 1 fully saturated rings. The summed E-state index contributed by atoms with van der Waals surface area (Å²) in [5.74, 6) is 3.12. The molecule has 30 heavy (non-hydrogen) atoms. The van der Waals surface area contributed by atoms with Crippen LogP contribution in [0.3, 0.4) is 0 Å². The fourth-order valence-electron chi connectivity index (χ4n) is 4.61. The normalized spacial score (nSPS) is 19.5. The molecule has 0 bridgehead atoms. The van der Waals surface area contributed by atoms with Gasteiger partial charge >= 0.3 is 0 Å². The highest BCUT2D eigenvalue weighted by Gasteiger charge is 2.28. The summed E-state index contributed by atoms with van der Waals surface area (Å²) in [6, 6.07) is 7.68. The first-order valence-electron chi connectivity index (χ1n) is 10.6. The molecule has 1 aliphatic rings. The van der Waals surface area contributed by atoms with Crippen LogP contribution >= 0.6 is 0 Å². The number of benzene rings is 1. The lowest BCUT2D eigenvalue weighted by Crippen LogP contribution is -2.16. The average Bonchev–Trinajstić information content (AvgIpc) is 3.35. The Morgan fingerprint density at radius 3 is 2.77 bits per heavy atom. The average molecular weight is 403 g/mol. The molecule has 3 heterocycles. The lowest BCUT2D eigenvalue weighted by molar-refractivity contribution is -0.117. The van der Waals surface area contributed by atoms with E-state index in [0.29, 0.717) is 35.7 Å². The Balaban J connectivity index is 1.50. The van der Waals surface area contributed by atoms with E-state index in [-0.39, 0.29) is 5.78 Å². The number of fused-ring (bicyclic) bond motifs is 2. The molecular formula is C23H25N5O2. The Labute approximate surface area is 174 Å². The largest absolute Gasteiger partial charge is 0.435 e. The molecule has 3 aromatic heterocycles. The Morgan fingerprint density at radius 2 is 2.00 bits per heavy atom. The van der Waals surface area contributed by atoms with Crippen LogP contribution in [-0.4, -0.2) is 25.1 Å². The molecule has 0 saturated heterocycles. The summed E-state index contributed by atoms with van der Waals surface area (Å²) < 4.78 is 8.04. The van der Waals surface area contributed by atoms with Crippen molar-refractivity contribution >= 4 is 28.2 Å². The topological polar surface area (TPSA) is 99.3 Å². The Morgan fingerprint density at radius 1 is 1.20 bits per heavy atom. The van der Waals surface area contributed by atoms with Crippen LogP contribution in [0.25, 0.3) is 28.2 Å². The summed E-state index contributed by atoms with van der Waals surface area (Å²) in [7, 11) is 0. The molecule has 1 aliphatic carbocycles. The number of ketones is 1. The van der Waals surface area contributed by atoms with Crippen molar-refractivity contribution in [2.75, 3.05) is 5.73 Å². The lowest BCUT2D eigenvalue weighted by Gasteiger charge is -2.27. The summed E-state index contributed by atoms with van der Waals surface area (Å²) in [5, 5.41) is 0. The molecule has 0 aliphatic heterocycles. The number of nitrogens with zero attached hydrogens (tertiary/aromatic N) is 4. The molecule has 7 heteroatoms. The molecule has 1 saturated carbocycles. The van der Waals surface area contributed by atoms with Gasteiger partial charge in [0.1, 0.15) is 28.5 Å². The molecule has 1 aromatic carbocycles. The lowest BCUT2D eigenvalue weighted by atomic mass is 9.79. The van der Waals surface area contributed by atoms with E-state index in [4.69, 9.17) is 15.1 Å². The summed E-state index contributed by atoms with van der Waals surface area (Å²) in [6.07, 6.45) is 9.65. The van der Waals surface area contributed by atoms with Crippen LogP contribution in [-0.2, 0) is 4.79 Å². The molecule has 5 rings (SSSR count). The molecule has 154 valence electrons. The van der Waals surface area contributed by atoms with Gasteiger partial charge in [-0.2, -0.15) is 0 Å². The van der Waals surface area contributed by atoms with Crippen LogP contribution in [0.2, 0.25) is 0 Å². The predicted molar refractivity (Wildman–Crippen MR) is 115 cm³/mol. The molecule has 4 aromatic rings. The third-order valence-electron chi connectivity index (χ3n) is 6.22. The van der Waals surface area contributed by atoms with Crippen molar-refractivity contribution in [3.05, 3.63) is 42.5 Å². The molecular weight excluding hydrogens is 378 g/mol. The van der Waals surface area contributed by atoms with Gasteiger partial charge in [-0.05, 0) is 57.1 Å². The van der Waals surface area contributed by atoms with Crippen molar-refractivity contribution in [2.45, 2.75) is 51.4 Å². The van der Waals surface area contributed by atoms with Crippen LogP contribution in [0.4, 0.5) is 5.82 Å². The number of carbonyl (C=O) groups is 1. The van der Waals surface area contributed by atoms with Gasteiger partial charge < -0.3 is 14.9 Å². The van der Waals surface area contributed by atoms with Crippen molar-refractivity contribution in [3.63, 3.8) is 0 Å². The van der Waals surface area contributed by atoms with Crippen molar-refractivity contribution < 1.29 is 9.21 Å². The Kier molecular flexibility index (Phi) is 4.73. The van der Waals surface area contributed by atoms with E-state index in [1.165, 1.54) is 0 Å². The van der Waals surface area contributed by atoms with E-state index >= 15 is 0 Å². The quantitative estimate of drug-likeness (QED) is 0.516. The number of aromatic nitrogens is 4. The number of nitrogen functional groups attached to an aromatic ring is 1. The monoisotopic (exact) mass is 403 g/mol. The zero-order valence-electron chi connectivity index (χ0n) is 17.0. The third-order valence-corrected chi connectivity index (χ3v) is 6.22. The minimum atomic E-state index is 0.280. The standard InChI is InChI=1S/C23H25N5O2/c1-14(29)6-7-15-8-10-16(11-9-15)22-27-19(20-21(24)25-12-13-28(20)22)23-26-17-4-2-3-5-18(17)30-23/h2-5,12-13,15-16H,6-11H2,1H3,(H2,24,25). The van der Waals surface area contributed by atoms with Gasteiger partial charge in [-0.25, -0.2) is 15.0 Å². The summed E-state index contributed by atoms with van der Waals surface area (Å²) >= 11 is 0. The number of Topliss-reactive ketones (excluding diaryl/α,β-unsaturated/α-hetero) is 1. The van der Waals surface area contributed by atoms with Gasteiger partial charge in [0.15, 0.2) is 11.3 Å². The van der Waals surface area contributed by atoms with Crippen LogP contribution in [0.15, 0.2) is 41.1 Å². The number of carbonyl (C=O) groups excluding carboxylic acids is 1. The molecule has 7 nitrogen and oxygen atoms in total. The van der Waals surface area contributed by atoms with Gasteiger partial charge in [0.25, 0.3) is 0 Å². The second-order valence-electron chi connectivity index (χ2n) is 8.29. The van der Waals surface area contributed by atoms with Crippen LogP contribution in [0.1, 0.15) is 57.2 Å². The Hall–Kier alpha value is -3.22. The van der Waals surface area contributed by atoms with Gasteiger partial charge in [0.2, 0.25) is 5.89 Å². The smallest absolute Gasteiger partial charge is 0.248 e. The van der Waals surface area contributed by atoms with E-state index in [1.807, 2.05) is 34.9 Å². The maximum atomic E-state index is 11.3. The predicted octanol–water partition coefficient (Wildman–Crippen LogP) is 4.76. The second kappa shape index (κ2) is 7.55. The van der Waals surface area contributed by atoms with Gasteiger partial charge in [-0.1, -0.05) is 12.1 Å². The van der Waals surface area contributed by atoms with Crippen LogP contribution in [0, 0.1) is 5.92 Å². The SMILES string of the molecule is CC(=O)CCC1CCC(c2nc(-c3nc4ccccc4o3)c3c(N)nccn23)CC1. The number of hydrogen-bond donors (Lipinski definition) is 1. The maximum Gasteiger partial charge on any atom is 0.248 e. The molecule has 0 spiro atoms. The fourth-order valence-corrected chi connectivity index (χ4v) is 4.61. The first kappa shape index (κ1) is 18.8. The number of rotatable bonds is 5. The van der Waals surface area contributed by atoms with E-state index in [2.05, 4.69) is 9.97 Å². The number of nitrogens with two attached hydrogens (primary N) is 1. The van der Waals surface area contributed by atoms with Crippen LogP contribution in [0.5, 0.6) is 0 Å². The molecule has 0 radical (unpaired) electrons. The maximum absolute atomic E-state index is 11.3. The zero-order valence-corrected chi connectivity index (χ0v) is 17.0. The van der Waals surface area contributed by atoms with Gasteiger partial charge in [-0.3, -0.25) is 4.40 Å². The fraction of sp³-hybridized carbons (Fsp3) is 0.391. The van der Waals surface area contributed by atoms with E-state index in [1.54, 1.807) is 13.1 Å². The third kappa shape index (κ3) is 3.34. The van der Waals surface area contributed by atoms with Crippen molar-refractivity contribution in [3.8, 4) is 11.6 Å². The molecule has 0 unspecified atom stereocenters.